The molecule has 2 heteroatoms. The number of hydrogen-bond acceptors (Lipinski definition) is 2. The van der Waals surface area contributed by atoms with E-state index in [4.69, 9.17) is 11.5 Å². The summed E-state index contributed by atoms with van der Waals surface area (Å²) in [4.78, 5) is 0. The van der Waals surface area contributed by atoms with E-state index in [-0.39, 0.29) is 0 Å². The molecule has 0 aliphatic carbocycles. The normalized spacial score (nSPS) is 12.1. The quantitative estimate of drug-likeness (QED) is 0.451. The second-order valence-electron chi connectivity index (χ2n) is 2.75. The molecule has 0 saturated heterocycles. The van der Waals surface area contributed by atoms with Crippen molar-refractivity contribution in [2.75, 3.05) is 13.1 Å². The molecule has 0 heterocycles. The van der Waals surface area contributed by atoms with Crippen molar-refractivity contribution in [2.45, 2.75) is 32.6 Å². The summed E-state index contributed by atoms with van der Waals surface area (Å²) in [5.74, 6) is 0. The third-order valence-electron chi connectivity index (χ3n) is 1.72. The summed E-state index contributed by atoms with van der Waals surface area (Å²) in [5, 5.41) is 0. The first kappa shape index (κ1) is 10.7. The Hall–Kier alpha value is -0.340. The molecular weight excluding hydrogens is 136 g/mol. The van der Waals surface area contributed by atoms with Crippen molar-refractivity contribution >= 4 is 0 Å². The Kier molecular flexibility index (Phi) is 7.52. The van der Waals surface area contributed by atoms with Gasteiger partial charge >= 0.3 is 0 Å². The zero-order valence-electron chi connectivity index (χ0n) is 7.47. The van der Waals surface area contributed by atoms with Crippen molar-refractivity contribution in [1.29, 1.82) is 0 Å². The molecule has 0 amide bonds. The summed E-state index contributed by atoms with van der Waals surface area (Å²) < 4.78 is 0. The highest BCUT2D eigenvalue weighted by molar-refractivity contribution is 5.03. The highest BCUT2D eigenvalue weighted by Gasteiger charge is 1.91. The molecule has 2 nitrogen and oxygen atoms in total. The summed E-state index contributed by atoms with van der Waals surface area (Å²) in [6, 6.07) is 0. The van der Waals surface area contributed by atoms with Crippen LogP contribution in [0.25, 0.3) is 0 Å². The van der Waals surface area contributed by atoms with Crippen LogP contribution in [-0.2, 0) is 0 Å². The van der Waals surface area contributed by atoms with Crippen LogP contribution in [0.5, 0.6) is 0 Å². The predicted octanol–water partition coefficient (Wildman–Crippen LogP) is 1.41. The largest absolute Gasteiger partial charge is 0.330 e. The van der Waals surface area contributed by atoms with Gasteiger partial charge in [0.25, 0.3) is 0 Å². The van der Waals surface area contributed by atoms with E-state index in [2.05, 4.69) is 13.0 Å². The van der Waals surface area contributed by atoms with Crippen molar-refractivity contribution in [1.82, 2.24) is 0 Å². The smallest absolute Gasteiger partial charge is 0.0137 e. The molecule has 0 spiro atoms. The molecule has 0 aliphatic rings. The van der Waals surface area contributed by atoms with E-state index >= 15 is 0 Å². The van der Waals surface area contributed by atoms with E-state index in [1.807, 2.05) is 0 Å². The lowest BCUT2D eigenvalue weighted by Crippen LogP contribution is -2.08. The van der Waals surface area contributed by atoms with E-state index < -0.39 is 0 Å². The molecular formula is C9H20N2. The highest BCUT2D eigenvalue weighted by atomic mass is 14.6. The Morgan fingerprint density at radius 1 is 1.36 bits per heavy atom. The van der Waals surface area contributed by atoms with Crippen LogP contribution in [0.15, 0.2) is 11.6 Å². The molecule has 0 fully saturated rings. The Morgan fingerprint density at radius 2 is 2.09 bits per heavy atom. The van der Waals surface area contributed by atoms with Crippen LogP contribution in [0.3, 0.4) is 0 Å². The number of nitrogens with two attached hydrogens (primary N) is 2. The topological polar surface area (TPSA) is 52.0 Å². The van der Waals surface area contributed by atoms with Crippen LogP contribution >= 0.6 is 0 Å². The Morgan fingerprint density at radius 3 is 2.55 bits per heavy atom. The fourth-order valence-corrected chi connectivity index (χ4v) is 0.983. The molecule has 0 aromatic rings. The summed E-state index contributed by atoms with van der Waals surface area (Å²) >= 11 is 0. The van der Waals surface area contributed by atoms with Crippen LogP contribution in [0, 0.1) is 0 Å². The lowest BCUT2D eigenvalue weighted by atomic mass is 10.1. The molecule has 11 heavy (non-hydrogen) atoms. The van der Waals surface area contributed by atoms with Gasteiger partial charge in [-0.3, -0.25) is 0 Å². The van der Waals surface area contributed by atoms with E-state index in [9.17, 15) is 0 Å². The predicted molar refractivity (Wildman–Crippen MR) is 50.3 cm³/mol. The number of hydrogen-bond donors (Lipinski definition) is 2. The molecule has 0 unspecified atom stereocenters. The Labute approximate surface area is 69.6 Å². The van der Waals surface area contributed by atoms with Crippen molar-refractivity contribution < 1.29 is 0 Å². The molecule has 66 valence electrons. The van der Waals surface area contributed by atoms with Gasteiger partial charge in [0, 0.05) is 6.54 Å². The Bertz CT molecular complexity index is 108. The molecule has 0 atom stereocenters. The van der Waals surface area contributed by atoms with Crippen LogP contribution in [0.1, 0.15) is 32.6 Å². The third-order valence-corrected chi connectivity index (χ3v) is 1.72. The van der Waals surface area contributed by atoms with Gasteiger partial charge in [-0.2, -0.15) is 0 Å². The van der Waals surface area contributed by atoms with Crippen LogP contribution in [0.2, 0.25) is 0 Å². The number of unbranched alkanes of at least 4 members (excludes halogenated alkanes) is 2. The maximum Gasteiger partial charge on any atom is 0.0137 e. The first-order valence-electron chi connectivity index (χ1n) is 4.43. The number of allylic oxidation sites excluding steroid dienone is 1. The lowest BCUT2D eigenvalue weighted by molar-refractivity contribution is 0.799. The van der Waals surface area contributed by atoms with Gasteiger partial charge < -0.3 is 11.5 Å². The molecule has 0 aliphatic heterocycles. The van der Waals surface area contributed by atoms with E-state index in [1.165, 1.54) is 18.4 Å². The summed E-state index contributed by atoms with van der Waals surface area (Å²) in [6.07, 6.45) is 6.85. The summed E-state index contributed by atoms with van der Waals surface area (Å²) in [6.45, 7) is 3.58. The van der Waals surface area contributed by atoms with E-state index in [0.717, 1.165) is 19.4 Å². The molecule has 0 aromatic carbocycles. The van der Waals surface area contributed by atoms with Crippen molar-refractivity contribution in [3.8, 4) is 0 Å². The molecule has 0 aromatic heterocycles. The highest BCUT2D eigenvalue weighted by Crippen LogP contribution is 2.02. The minimum Gasteiger partial charge on any atom is -0.330 e. The SMILES string of the molecule is CCCC/C=C(/CN)CCN. The minimum atomic E-state index is 0.668. The fraction of sp³-hybridized carbons (Fsp3) is 0.778. The zero-order valence-corrected chi connectivity index (χ0v) is 7.47. The first-order chi connectivity index (χ1) is 5.35. The van der Waals surface area contributed by atoms with Crippen LogP contribution < -0.4 is 11.5 Å². The van der Waals surface area contributed by atoms with Crippen LogP contribution in [-0.4, -0.2) is 13.1 Å². The standard InChI is InChI=1S/C9H20N2/c1-2-3-4-5-9(8-11)6-7-10/h5H,2-4,6-8,10-11H2,1H3/b9-5+. The average Bonchev–Trinajstić information content (AvgIpc) is 2.03. The van der Waals surface area contributed by atoms with Crippen molar-refractivity contribution in [3.05, 3.63) is 11.6 Å². The van der Waals surface area contributed by atoms with Gasteiger partial charge in [-0.15, -0.1) is 0 Å². The second kappa shape index (κ2) is 7.76. The monoisotopic (exact) mass is 156 g/mol. The molecule has 0 radical (unpaired) electrons. The molecule has 4 N–H and O–H groups in total. The first-order valence-corrected chi connectivity index (χ1v) is 4.43. The van der Waals surface area contributed by atoms with Crippen LogP contribution in [0.4, 0.5) is 0 Å². The summed E-state index contributed by atoms with van der Waals surface area (Å²) in [5.41, 5.74) is 12.2. The van der Waals surface area contributed by atoms with Gasteiger partial charge in [0.1, 0.15) is 0 Å². The van der Waals surface area contributed by atoms with Crippen molar-refractivity contribution in [3.63, 3.8) is 0 Å². The molecule has 0 bridgehead atoms. The summed E-state index contributed by atoms with van der Waals surface area (Å²) in [7, 11) is 0. The van der Waals surface area contributed by atoms with Gasteiger partial charge in [-0.1, -0.05) is 31.4 Å². The second-order valence-corrected chi connectivity index (χ2v) is 2.75. The Balaban J connectivity index is 3.52. The zero-order chi connectivity index (χ0) is 8.53. The molecule has 0 saturated carbocycles. The van der Waals surface area contributed by atoms with Gasteiger partial charge in [0.2, 0.25) is 0 Å². The average molecular weight is 156 g/mol. The number of rotatable bonds is 6. The fourth-order valence-electron chi connectivity index (χ4n) is 0.983. The van der Waals surface area contributed by atoms with E-state index in [1.54, 1.807) is 0 Å². The lowest BCUT2D eigenvalue weighted by Gasteiger charge is -2.01. The molecule has 0 rings (SSSR count). The minimum absolute atomic E-state index is 0.668. The maximum absolute atomic E-state index is 5.52. The maximum atomic E-state index is 5.52. The van der Waals surface area contributed by atoms with Gasteiger partial charge in [-0.05, 0) is 19.4 Å². The van der Waals surface area contributed by atoms with Gasteiger partial charge in [0.05, 0.1) is 0 Å². The third kappa shape index (κ3) is 6.07. The van der Waals surface area contributed by atoms with Crippen molar-refractivity contribution in [2.24, 2.45) is 11.5 Å². The van der Waals surface area contributed by atoms with Gasteiger partial charge in [-0.25, -0.2) is 0 Å². The van der Waals surface area contributed by atoms with E-state index in [0.29, 0.717) is 6.54 Å². The van der Waals surface area contributed by atoms with Gasteiger partial charge in [0.15, 0.2) is 0 Å².